The Kier molecular flexibility index (Phi) is 7.35. The van der Waals surface area contributed by atoms with Crippen LogP contribution >= 0.6 is 35.6 Å². The fourth-order valence-electron chi connectivity index (χ4n) is 5.12. The van der Waals surface area contributed by atoms with E-state index in [1.807, 2.05) is 18.2 Å². The number of piperidine rings is 2. The van der Waals surface area contributed by atoms with E-state index >= 15 is 0 Å². The molecule has 3 aliphatic heterocycles. The molecule has 2 bridgehead atoms. The maximum atomic E-state index is 12.7. The van der Waals surface area contributed by atoms with Gasteiger partial charge in [0, 0.05) is 41.6 Å². The van der Waals surface area contributed by atoms with E-state index < -0.39 is 0 Å². The summed E-state index contributed by atoms with van der Waals surface area (Å²) in [5.41, 5.74) is 1.13. The second-order valence-electron chi connectivity index (χ2n) is 8.44. The fraction of sp³-hybridized carbons (Fsp3) is 0.667. The molecule has 3 fully saturated rings. The van der Waals surface area contributed by atoms with Gasteiger partial charge >= 0.3 is 0 Å². The van der Waals surface area contributed by atoms with Crippen molar-refractivity contribution in [2.24, 2.45) is 11.8 Å². The van der Waals surface area contributed by atoms with Crippen molar-refractivity contribution >= 4 is 41.5 Å². The Bertz CT molecular complexity index is 649. The van der Waals surface area contributed by atoms with Gasteiger partial charge in [-0.2, -0.15) is 0 Å². The highest BCUT2D eigenvalue weighted by Gasteiger charge is 2.35. The van der Waals surface area contributed by atoms with Crippen LogP contribution in [0.1, 0.15) is 50.5 Å². The van der Waals surface area contributed by atoms with Crippen molar-refractivity contribution in [1.82, 2.24) is 10.2 Å². The number of rotatable bonds is 4. The standard InChI is InChI=1S/C21H28Cl2N2O.ClH/c22-17-1-4-20(23)16(13-17)9-14-5-7-25(8-6-14)21(26)12-15-10-18-2-3-19(11-15)24-18;/h1,4,13-15,18-19,24H,2-3,5-12H2;1H. The predicted octanol–water partition coefficient (Wildman–Crippen LogP) is 5.12. The molecule has 0 aromatic heterocycles. The molecule has 1 N–H and O–H groups in total. The number of benzene rings is 1. The van der Waals surface area contributed by atoms with Gasteiger partial charge < -0.3 is 10.2 Å². The van der Waals surface area contributed by atoms with Crippen molar-refractivity contribution in [1.29, 1.82) is 0 Å². The van der Waals surface area contributed by atoms with E-state index in [4.69, 9.17) is 23.2 Å². The summed E-state index contributed by atoms with van der Waals surface area (Å²) in [7, 11) is 0. The molecule has 0 radical (unpaired) electrons. The third-order valence-electron chi connectivity index (χ3n) is 6.52. The predicted molar refractivity (Wildman–Crippen MR) is 114 cm³/mol. The molecule has 3 aliphatic rings. The van der Waals surface area contributed by atoms with E-state index in [9.17, 15) is 4.79 Å². The highest BCUT2D eigenvalue weighted by atomic mass is 35.5. The molecule has 1 aromatic rings. The number of fused-ring (bicyclic) bond motifs is 2. The Morgan fingerprint density at radius 3 is 2.37 bits per heavy atom. The number of nitrogens with zero attached hydrogens (tertiary/aromatic N) is 1. The average molecular weight is 432 g/mol. The maximum Gasteiger partial charge on any atom is 0.222 e. The zero-order chi connectivity index (χ0) is 18.1. The lowest BCUT2D eigenvalue weighted by Gasteiger charge is -2.34. The SMILES string of the molecule is Cl.O=C(CC1CC2CCC(C1)N2)N1CCC(Cc2cc(Cl)ccc2Cl)CC1. The quantitative estimate of drug-likeness (QED) is 0.718. The topological polar surface area (TPSA) is 32.3 Å². The zero-order valence-corrected chi connectivity index (χ0v) is 18.0. The van der Waals surface area contributed by atoms with Gasteiger partial charge in [0.1, 0.15) is 0 Å². The molecule has 1 amide bonds. The van der Waals surface area contributed by atoms with Crippen LogP contribution in [-0.2, 0) is 11.2 Å². The molecule has 0 aliphatic carbocycles. The van der Waals surface area contributed by atoms with Gasteiger partial charge in [-0.05, 0) is 80.5 Å². The minimum Gasteiger partial charge on any atom is -0.343 e. The molecular formula is C21H29Cl3N2O. The second-order valence-corrected chi connectivity index (χ2v) is 9.29. The van der Waals surface area contributed by atoms with Crippen molar-refractivity contribution in [2.45, 2.75) is 63.5 Å². The van der Waals surface area contributed by atoms with Crippen molar-refractivity contribution < 1.29 is 4.79 Å². The van der Waals surface area contributed by atoms with Gasteiger partial charge in [0.15, 0.2) is 0 Å². The van der Waals surface area contributed by atoms with E-state index in [1.165, 1.54) is 25.7 Å². The monoisotopic (exact) mass is 430 g/mol. The molecule has 2 atom stereocenters. The molecule has 4 rings (SSSR count). The Balaban J connectivity index is 0.00000210. The summed E-state index contributed by atoms with van der Waals surface area (Å²) in [5, 5.41) is 5.21. The van der Waals surface area contributed by atoms with E-state index in [0.717, 1.165) is 54.4 Å². The minimum atomic E-state index is 0. The van der Waals surface area contributed by atoms with Gasteiger partial charge in [-0.3, -0.25) is 4.79 Å². The first-order valence-electron chi connectivity index (χ1n) is 10.0. The molecule has 6 heteroatoms. The summed E-state index contributed by atoms with van der Waals surface area (Å²) < 4.78 is 0. The van der Waals surface area contributed by atoms with Crippen LogP contribution in [0.5, 0.6) is 0 Å². The van der Waals surface area contributed by atoms with Crippen LogP contribution in [0.25, 0.3) is 0 Å². The maximum absolute atomic E-state index is 12.7. The number of halogens is 3. The van der Waals surface area contributed by atoms with Crippen LogP contribution in [0.4, 0.5) is 0 Å². The smallest absolute Gasteiger partial charge is 0.222 e. The van der Waals surface area contributed by atoms with E-state index in [-0.39, 0.29) is 12.4 Å². The van der Waals surface area contributed by atoms with Crippen molar-refractivity contribution in [3.63, 3.8) is 0 Å². The number of carbonyl (C=O) groups excluding carboxylic acids is 1. The summed E-state index contributed by atoms with van der Waals surface area (Å²) in [6.07, 6.45) is 8.80. The van der Waals surface area contributed by atoms with Crippen molar-refractivity contribution in [3.8, 4) is 0 Å². The zero-order valence-electron chi connectivity index (χ0n) is 15.6. The Labute approximate surface area is 178 Å². The molecule has 0 saturated carbocycles. The van der Waals surface area contributed by atoms with Gasteiger partial charge in [-0.15, -0.1) is 12.4 Å². The highest BCUT2D eigenvalue weighted by Crippen LogP contribution is 2.34. The first kappa shape index (κ1) is 21.2. The van der Waals surface area contributed by atoms with Gasteiger partial charge in [0.25, 0.3) is 0 Å². The molecule has 2 unspecified atom stereocenters. The number of likely N-dealkylation sites (tertiary alicyclic amines) is 1. The molecule has 0 spiro atoms. The van der Waals surface area contributed by atoms with E-state index in [1.54, 1.807) is 0 Å². The number of carbonyl (C=O) groups is 1. The van der Waals surface area contributed by atoms with Gasteiger partial charge in [-0.25, -0.2) is 0 Å². The van der Waals surface area contributed by atoms with Crippen LogP contribution in [0.15, 0.2) is 18.2 Å². The lowest BCUT2D eigenvalue weighted by atomic mass is 9.87. The summed E-state index contributed by atoms with van der Waals surface area (Å²) in [6, 6.07) is 7.03. The largest absolute Gasteiger partial charge is 0.343 e. The molecule has 3 heterocycles. The van der Waals surface area contributed by atoms with Crippen molar-refractivity contribution in [3.05, 3.63) is 33.8 Å². The molecule has 1 aromatic carbocycles. The normalized spacial score (nSPS) is 28.1. The third kappa shape index (κ3) is 5.32. The number of hydrogen-bond acceptors (Lipinski definition) is 2. The van der Waals surface area contributed by atoms with E-state index in [0.29, 0.717) is 29.8 Å². The fourth-order valence-corrected chi connectivity index (χ4v) is 5.50. The average Bonchev–Trinajstić information content (AvgIpc) is 2.97. The number of amides is 1. The van der Waals surface area contributed by atoms with Crippen LogP contribution < -0.4 is 5.32 Å². The van der Waals surface area contributed by atoms with Crippen LogP contribution in [0.3, 0.4) is 0 Å². The van der Waals surface area contributed by atoms with Crippen LogP contribution in [0.2, 0.25) is 10.0 Å². The highest BCUT2D eigenvalue weighted by molar-refractivity contribution is 6.33. The lowest BCUT2D eigenvalue weighted by molar-refractivity contribution is -0.133. The van der Waals surface area contributed by atoms with Gasteiger partial charge in [0.05, 0.1) is 0 Å². The Morgan fingerprint density at radius 1 is 1.04 bits per heavy atom. The summed E-state index contributed by atoms with van der Waals surface area (Å²) in [5.74, 6) is 1.55. The number of nitrogens with one attached hydrogen (secondary N) is 1. The summed E-state index contributed by atoms with van der Waals surface area (Å²) >= 11 is 12.4. The minimum absolute atomic E-state index is 0. The summed E-state index contributed by atoms with van der Waals surface area (Å²) in [6.45, 7) is 1.78. The van der Waals surface area contributed by atoms with Crippen molar-refractivity contribution in [2.75, 3.05) is 13.1 Å². The second kappa shape index (κ2) is 9.35. The molecule has 3 saturated heterocycles. The van der Waals surface area contributed by atoms with Crippen LogP contribution in [-0.4, -0.2) is 36.0 Å². The van der Waals surface area contributed by atoms with E-state index in [2.05, 4.69) is 10.2 Å². The Morgan fingerprint density at radius 2 is 1.70 bits per heavy atom. The molecule has 27 heavy (non-hydrogen) atoms. The van der Waals surface area contributed by atoms with Gasteiger partial charge in [-0.1, -0.05) is 23.2 Å². The summed E-state index contributed by atoms with van der Waals surface area (Å²) in [4.78, 5) is 14.8. The van der Waals surface area contributed by atoms with Crippen LogP contribution in [0, 0.1) is 11.8 Å². The molecule has 3 nitrogen and oxygen atoms in total. The first-order chi connectivity index (χ1) is 12.6. The lowest BCUT2D eigenvalue weighted by Crippen LogP contribution is -2.42. The molecule has 150 valence electrons. The molecular weight excluding hydrogens is 403 g/mol. The first-order valence-corrected chi connectivity index (χ1v) is 10.8. The third-order valence-corrected chi connectivity index (χ3v) is 7.12. The Hall–Kier alpha value is -0.480. The van der Waals surface area contributed by atoms with Gasteiger partial charge in [0.2, 0.25) is 5.91 Å². The number of hydrogen-bond donors (Lipinski definition) is 1.